The third-order valence-electron chi connectivity index (χ3n) is 3.30. The number of rotatable bonds is 4. The van der Waals surface area contributed by atoms with E-state index in [-0.39, 0.29) is 11.4 Å². The fourth-order valence-corrected chi connectivity index (χ4v) is 2.18. The van der Waals surface area contributed by atoms with E-state index in [1.54, 1.807) is 29.1 Å². The maximum absolute atomic E-state index is 11.1. The molecule has 0 saturated heterocycles. The molecule has 8 heteroatoms. The molecule has 0 fully saturated rings. The average molecular weight is 311 g/mol. The molecule has 3 rings (SSSR count). The van der Waals surface area contributed by atoms with Crippen LogP contribution in [0.2, 0.25) is 0 Å². The molecule has 0 bridgehead atoms. The molecule has 0 amide bonds. The number of hydrogen-bond acceptors (Lipinski definition) is 6. The van der Waals surface area contributed by atoms with Crippen LogP contribution in [-0.4, -0.2) is 27.0 Å². The summed E-state index contributed by atoms with van der Waals surface area (Å²) >= 11 is 0. The summed E-state index contributed by atoms with van der Waals surface area (Å²) in [6.07, 6.45) is 1.68. The minimum atomic E-state index is -0.495. The number of nitro benzene ring substituents is 1. The molecular weight excluding hydrogens is 298 g/mol. The summed E-state index contributed by atoms with van der Waals surface area (Å²) in [5.74, 6) is 0.196. The van der Waals surface area contributed by atoms with Gasteiger partial charge in [0.15, 0.2) is 5.75 Å². The number of methoxy groups -OCH3 is 1. The molecule has 0 saturated carbocycles. The van der Waals surface area contributed by atoms with Gasteiger partial charge in [0, 0.05) is 17.3 Å². The zero-order valence-electron chi connectivity index (χ0n) is 12.2. The van der Waals surface area contributed by atoms with Gasteiger partial charge in [0.2, 0.25) is 0 Å². The van der Waals surface area contributed by atoms with Crippen molar-refractivity contribution in [2.45, 2.75) is 0 Å². The van der Waals surface area contributed by atoms with Gasteiger partial charge in [0.05, 0.1) is 23.9 Å². The fourth-order valence-electron chi connectivity index (χ4n) is 2.18. The smallest absolute Gasteiger partial charge is 0.311 e. The van der Waals surface area contributed by atoms with Crippen molar-refractivity contribution in [1.29, 1.82) is 0 Å². The molecule has 0 aliphatic rings. The normalized spacial score (nSPS) is 10.5. The number of ether oxygens (including phenoxy) is 1. The zero-order valence-corrected chi connectivity index (χ0v) is 12.2. The number of nitro groups is 1. The Morgan fingerprint density at radius 2 is 2.09 bits per heavy atom. The van der Waals surface area contributed by atoms with Crippen LogP contribution in [0.5, 0.6) is 5.75 Å². The van der Waals surface area contributed by atoms with Gasteiger partial charge < -0.3 is 10.5 Å². The highest BCUT2D eigenvalue weighted by Gasteiger charge is 2.17. The second-order valence-corrected chi connectivity index (χ2v) is 4.79. The Balaban J connectivity index is 2.00. The molecule has 0 radical (unpaired) electrons. The van der Waals surface area contributed by atoms with Gasteiger partial charge >= 0.3 is 5.69 Å². The molecule has 1 heterocycles. The third kappa shape index (κ3) is 2.82. The lowest BCUT2D eigenvalue weighted by atomic mass is 10.1. The van der Waals surface area contributed by atoms with E-state index in [0.717, 1.165) is 5.69 Å². The summed E-state index contributed by atoms with van der Waals surface area (Å²) < 4.78 is 6.55. The Labute approximate surface area is 131 Å². The van der Waals surface area contributed by atoms with Crippen molar-refractivity contribution in [3.63, 3.8) is 0 Å². The Hall–Kier alpha value is -3.42. The van der Waals surface area contributed by atoms with E-state index >= 15 is 0 Å². The molecule has 0 aliphatic heterocycles. The van der Waals surface area contributed by atoms with Crippen LogP contribution in [0, 0.1) is 10.1 Å². The van der Waals surface area contributed by atoms with Crippen LogP contribution in [-0.2, 0) is 0 Å². The van der Waals surface area contributed by atoms with Crippen molar-refractivity contribution in [1.82, 2.24) is 15.0 Å². The summed E-state index contributed by atoms with van der Waals surface area (Å²) in [5, 5.41) is 19.2. The summed E-state index contributed by atoms with van der Waals surface area (Å²) in [6.45, 7) is 0. The SMILES string of the molecule is COc1ccc(-c2cn(-c3cccc(N)c3)nn2)cc1[N+](=O)[O-]. The zero-order chi connectivity index (χ0) is 16.4. The molecule has 0 aliphatic carbocycles. The number of nitrogen functional groups attached to an aromatic ring is 1. The topological polar surface area (TPSA) is 109 Å². The van der Waals surface area contributed by atoms with Crippen molar-refractivity contribution in [2.24, 2.45) is 0 Å². The Kier molecular flexibility index (Phi) is 3.63. The summed E-state index contributed by atoms with van der Waals surface area (Å²) in [4.78, 5) is 10.6. The monoisotopic (exact) mass is 311 g/mol. The van der Waals surface area contributed by atoms with Gasteiger partial charge in [-0.05, 0) is 30.3 Å². The molecule has 23 heavy (non-hydrogen) atoms. The molecule has 0 unspecified atom stereocenters. The Morgan fingerprint density at radius 1 is 1.26 bits per heavy atom. The van der Waals surface area contributed by atoms with Gasteiger partial charge in [-0.3, -0.25) is 10.1 Å². The number of aromatic nitrogens is 3. The van der Waals surface area contributed by atoms with Gasteiger partial charge in [-0.2, -0.15) is 0 Å². The quantitative estimate of drug-likeness (QED) is 0.450. The highest BCUT2D eigenvalue weighted by molar-refractivity contribution is 5.65. The minimum absolute atomic E-state index is 0.122. The second-order valence-electron chi connectivity index (χ2n) is 4.79. The van der Waals surface area contributed by atoms with E-state index in [2.05, 4.69) is 10.3 Å². The Bertz CT molecular complexity index is 875. The van der Waals surface area contributed by atoms with Crippen LogP contribution in [0.1, 0.15) is 0 Å². The first-order valence-corrected chi connectivity index (χ1v) is 6.69. The van der Waals surface area contributed by atoms with Gasteiger partial charge in [0.25, 0.3) is 0 Å². The highest BCUT2D eigenvalue weighted by Crippen LogP contribution is 2.31. The van der Waals surface area contributed by atoms with Crippen molar-refractivity contribution >= 4 is 11.4 Å². The fraction of sp³-hybridized carbons (Fsp3) is 0.0667. The number of anilines is 1. The van der Waals surface area contributed by atoms with Crippen molar-refractivity contribution < 1.29 is 9.66 Å². The van der Waals surface area contributed by atoms with E-state index in [0.29, 0.717) is 16.9 Å². The lowest BCUT2D eigenvalue weighted by Gasteiger charge is -2.03. The molecule has 2 N–H and O–H groups in total. The second kappa shape index (κ2) is 5.76. The number of nitrogens with zero attached hydrogens (tertiary/aromatic N) is 4. The predicted octanol–water partition coefficient (Wildman–Crippen LogP) is 2.43. The lowest BCUT2D eigenvalue weighted by molar-refractivity contribution is -0.385. The molecule has 3 aromatic rings. The largest absolute Gasteiger partial charge is 0.490 e. The lowest BCUT2D eigenvalue weighted by Crippen LogP contribution is -1.96. The molecule has 0 spiro atoms. The molecule has 0 atom stereocenters. The maximum atomic E-state index is 11.1. The third-order valence-corrected chi connectivity index (χ3v) is 3.30. The first-order chi connectivity index (χ1) is 11.1. The van der Waals surface area contributed by atoms with Gasteiger partial charge in [-0.1, -0.05) is 11.3 Å². The van der Waals surface area contributed by atoms with Crippen LogP contribution >= 0.6 is 0 Å². The van der Waals surface area contributed by atoms with Gasteiger partial charge in [-0.15, -0.1) is 5.10 Å². The molecule has 1 aromatic heterocycles. The van der Waals surface area contributed by atoms with E-state index in [1.807, 2.05) is 12.1 Å². The van der Waals surface area contributed by atoms with E-state index in [4.69, 9.17) is 10.5 Å². The maximum Gasteiger partial charge on any atom is 0.311 e. The summed E-state index contributed by atoms with van der Waals surface area (Å²) in [7, 11) is 1.39. The van der Waals surface area contributed by atoms with E-state index in [1.165, 1.54) is 19.2 Å². The van der Waals surface area contributed by atoms with Crippen molar-refractivity contribution in [3.05, 3.63) is 58.8 Å². The van der Waals surface area contributed by atoms with E-state index in [9.17, 15) is 10.1 Å². The van der Waals surface area contributed by atoms with Crippen molar-refractivity contribution in [3.8, 4) is 22.7 Å². The van der Waals surface area contributed by atoms with Crippen LogP contribution in [0.4, 0.5) is 11.4 Å². The van der Waals surface area contributed by atoms with E-state index < -0.39 is 4.92 Å². The van der Waals surface area contributed by atoms with Crippen LogP contribution < -0.4 is 10.5 Å². The Morgan fingerprint density at radius 3 is 2.78 bits per heavy atom. The van der Waals surface area contributed by atoms with Crippen LogP contribution in [0.3, 0.4) is 0 Å². The van der Waals surface area contributed by atoms with Gasteiger partial charge in [0.1, 0.15) is 5.69 Å². The first-order valence-electron chi connectivity index (χ1n) is 6.69. The summed E-state index contributed by atoms with van der Waals surface area (Å²) in [5.41, 5.74) is 8.08. The highest BCUT2D eigenvalue weighted by atomic mass is 16.6. The predicted molar refractivity (Wildman–Crippen MR) is 84.4 cm³/mol. The number of nitrogens with two attached hydrogens (primary N) is 1. The number of benzene rings is 2. The van der Waals surface area contributed by atoms with Crippen LogP contribution in [0.15, 0.2) is 48.7 Å². The van der Waals surface area contributed by atoms with Crippen molar-refractivity contribution in [2.75, 3.05) is 12.8 Å². The molecular formula is C15H13N5O3. The summed E-state index contributed by atoms with van der Waals surface area (Å²) in [6, 6.07) is 11.8. The minimum Gasteiger partial charge on any atom is -0.490 e. The standard InChI is InChI=1S/C15H13N5O3/c1-23-15-6-5-10(7-14(15)20(21)22)13-9-19(18-17-13)12-4-2-3-11(16)8-12/h2-9H,16H2,1H3. The molecule has 2 aromatic carbocycles. The first kappa shape index (κ1) is 14.5. The number of hydrogen-bond donors (Lipinski definition) is 1. The van der Waals surface area contributed by atoms with Crippen LogP contribution in [0.25, 0.3) is 16.9 Å². The average Bonchev–Trinajstić information content (AvgIpc) is 3.04. The molecule has 116 valence electrons. The molecule has 8 nitrogen and oxygen atoms in total. The van der Waals surface area contributed by atoms with Gasteiger partial charge in [-0.25, -0.2) is 4.68 Å².